The van der Waals surface area contributed by atoms with Crippen LogP contribution in [0.4, 0.5) is 5.69 Å². The van der Waals surface area contributed by atoms with Crippen LogP contribution in [0.1, 0.15) is 51.6 Å². The maximum Gasteiger partial charge on any atom is 0.338 e. The quantitative estimate of drug-likeness (QED) is 0.454. The van der Waals surface area contributed by atoms with Crippen molar-refractivity contribution in [3.8, 4) is 0 Å². The molecule has 30 heavy (non-hydrogen) atoms. The molecule has 3 aromatic rings. The molecule has 1 atom stereocenters. The average molecular weight is 401 g/mol. The number of nitrogens with one attached hydrogen (secondary N) is 1. The number of ketones is 1. The molecule has 152 valence electrons. The van der Waals surface area contributed by atoms with Crippen LogP contribution in [0.2, 0.25) is 0 Å². The molecule has 0 bridgehead atoms. The second-order valence-electron chi connectivity index (χ2n) is 6.83. The van der Waals surface area contributed by atoms with Crippen molar-refractivity contribution in [3.63, 3.8) is 0 Å². The van der Waals surface area contributed by atoms with Crippen LogP contribution in [-0.4, -0.2) is 24.3 Å². The van der Waals surface area contributed by atoms with Gasteiger partial charge in [-0.25, -0.2) is 4.79 Å². The zero-order valence-corrected chi connectivity index (χ0v) is 16.9. The number of hydrogen-bond acceptors (Lipinski definition) is 4. The van der Waals surface area contributed by atoms with Gasteiger partial charge in [0.1, 0.15) is 0 Å². The molecule has 0 saturated heterocycles. The second kappa shape index (κ2) is 9.65. The van der Waals surface area contributed by atoms with Gasteiger partial charge in [0.25, 0.3) is 0 Å². The molecule has 3 aromatic carbocycles. The standard InChI is InChI=1S/C25H23NO4/c1-3-30-25(29)21-13-8-14-22(16-21)26-24(28)17(2)19-11-7-12-20(15-19)23(27)18-9-5-4-6-10-18/h4-17H,3H2,1-2H3,(H,26,28). The Kier molecular flexibility index (Phi) is 6.75. The molecule has 0 aliphatic carbocycles. The minimum absolute atomic E-state index is 0.0906. The van der Waals surface area contributed by atoms with Gasteiger partial charge in [0.2, 0.25) is 5.91 Å². The summed E-state index contributed by atoms with van der Waals surface area (Å²) in [7, 11) is 0. The first kappa shape index (κ1) is 21.0. The van der Waals surface area contributed by atoms with Crippen LogP contribution in [-0.2, 0) is 9.53 Å². The minimum atomic E-state index is -0.486. The minimum Gasteiger partial charge on any atom is -0.462 e. The Morgan fingerprint density at radius 2 is 1.50 bits per heavy atom. The number of amides is 1. The summed E-state index contributed by atoms with van der Waals surface area (Å²) in [5, 5.41) is 2.83. The first-order valence-corrected chi connectivity index (χ1v) is 9.77. The molecule has 5 heteroatoms. The summed E-state index contributed by atoms with van der Waals surface area (Å²) < 4.78 is 4.99. The molecule has 0 radical (unpaired) electrons. The Hall–Kier alpha value is -3.73. The van der Waals surface area contributed by atoms with Gasteiger partial charge in [-0.1, -0.05) is 54.6 Å². The zero-order chi connectivity index (χ0) is 21.5. The van der Waals surface area contributed by atoms with Crippen LogP contribution in [0.15, 0.2) is 78.9 Å². The Morgan fingerprint density at radius 3 is 2.23 bits per heavy atom. The molecule has 0 spiro atoms. The third-order valence-corrected chi connectivity index (χ3v) is 4.72. The van der Waals surface area contributed by atoms with Crippen LogP contribution in [0, 0.1) is 0 Å². The van der Waals surface area contributed by atoms with Gasteiger partial charge < -0.3 is 10.1 Å². The molecule has 0 fully saturated rings. The molecule has 1 unspecified atom stereocenters. The van der Waals surface area contributed by atoms with Gasteiger partial charge in [0, 0.05) is 16.8 Å². The van der Waals surface area contributed by atoms with E-state index in [1.54, 1.807) is 68.4 Å². The molecule has 0 heterocycles. The van der Waals surface area contributed by atoms with Crippen molar-refractivity contribution < 1.29 is 19.1 Å². The average Bonchev–Trinajstić information content (AvgIpc) is 2.79. The maximum atomic E-state index is 12.8. The number of carbonyl (C=O) groups excluding carboxylic acids is 3. The molecule has 0 saturated carbocycles. The number of anilines is 1. The third kappa shape index (κ3) is 5.00. The number of ether oxygens (including phenoxy) is 1. The summed E-state index contributed by atoms with van der Waals surface area (Å²) in [6.07, 6.45) is 0. The van der Waals surface area contributed by atoms with E-state index in [-0.39, 0.29) is 18.3 Å². The highest BCUT2D eigenvalue weighted by Crippen LogP contribution is 2.21. The fourth-order valence-electron chi connectivity index (χ4n) is 3.05. The Bertz CT molecular complexity index is 1060. The van der Waals surface area contributed by atoms with Crippen molar-refractivity contribution in [1.29, 1.82) is 0 Å². The lowest BCUT2D eigenvalue weighted by Gasteiger charge is -2.14. The molecule has 3 rings (SSSR count). The number of rotatable bonds is 7. The highest BCUT2D eigenvalue weighted by atomic mass is 16.5. The first-order chi connectivity index (χ1) is 14.5. The van der Waals surface area contributed by atoms with Crippen molar-refractivity contribution in [1.82, 2.24) is 0 Å². The lowest BCUT2D eigenvalue weighted by atomic mass is 9.95. The van der Waals surface area contributed by atoms with Crippen LogP contribution in [0.25, 0.3) is 0 Å². The number of benzene rings is 3. The molecule has 0 aliphatic rings. The van der Waals surface area contributed by atoms with E-state index in [4.69, 9.17) is 4.74 Å². The number of esters is 1. The molecule has 0 aromatic heterocycles. The molecule has 1 N–H and O–H groups in total. The maximum absolute atomic E-state index is 12.8. The first-order valence-electron chi connectivity index (χ1n) is 9.77. The summed E-state index contributed by atoms with van der Waals surface area (Å²) in [4.78, 5) is 37.3. The van der Waals surface area contributed by atoms with Gasteiger partial charge in [0.15, 0.2) is 5.78 Å². The lowest BCUT2D eigenvalue weighted by molar-refractivity contribution is -0.117. The van der Waals surface area contributed by atoms with Crippen molar-refractivity contribution in [2.24, 2.45) is 0 Å². The summed E-state index contributed by atoms with van der Waals surface area (Å²) in [5.74, 6) is -1.25. The van der Waals surface area contributed by atoms with Crippen molar-refractivity contribution in [2.75, 3.05) is 11.9 Å². The summed E-state index contributed by atoms with van der Waals surface area (Å²) in [5.41, 5.74) is 2.74. The highest BCUT2D eigenvalue weighted by Gasteiger charge is 2.18. The van der Waals surface area contributed by atoms with E-state index in [9.17, 15) is 14.4 Å². The number of hydrogen-bond donors (Lipinski definition) is 1. The molecule has 1 amide bonds. The fourth-order valence-corrected chi connectivity index (χ4v) is 3.05. The van der Waals surface area contributed by atoms with Gasteiger partial charge in [-0.3, -0.25) is 9.59 Å². The van der Waals surface area contributed by atoms with Crippen molar-refractivity contribution in [2.45, 2.75) is 19.8 Å². The van der Waals surface area contributed by atoms with Crippen molar-refractivity contribution in [3.05, 3.63) is 101 Å². The van der Waals surface area contributed by atoms with Gasteiger partial charge in [0.05, 0.1) is 18.1 Å². The van der Waals surface area contributed by atoms with E-state index in [0.29, 0.717) is 22.4 Å². The third-order valence-electron chi connectivity index (χ3n) is 4.72. The SMILES string of the molecule is CCOC(=O)c1cccc(NC(=O)C(C)c2cccc(C(=O)c3ccccc3)c2)c1. The van der Waals surface area contributed by atoms with Crippen LogP contribution in [0.5, 0.6) is 0 Å². The Morgan fingerprint density at radius 1 is 0.833 bits per heavy atom. The number of carbonyl (C=O) groups is 3. The van der Waals surface area contributed by atoms with E-state index in [2.05, 4.69) is 5.32 Å². The topological polar surface area (TPSA) is 72.5 Å². The lowest BCUT2D eigenvalue weighted by Crippen LogP contribution is -2.19. The van der Waals surface area contributed by atoms with Crippen LogP contribution < -0.4 is 5.32 Å². The summed E-state index contributed by atoms with van der Waals surface area (Å²) in [6.45, 7) is 3.79. The van der Waals surface area contributed by atoms with E-state index in [1.165, 1.54) is 0 Å². The van der Waals surface area contributed by atoms with Crippen molar-refractivity contribution >= 4 is 23.3 Å². The predicted octanol–water partition coefficient (Wildman–Crippen LogP) is 4.84. The van der Waals surface area contributed by atoms with Gasteiger partial charge >= 0.3 is 5.97 Å². The zero-order valence-electron chi connectivity index (χ0n) is 16.9. The van der Waals surface area contributed by atoms with Crippen LogP contribution >= 0.6 is 0 Å². The molecular formula is C25H23NO4. The highest BCUT2D eigenvalue weighted by molar-refractivity contribution is 6.09. The van der Waals surface area contributed by atoms with E-state index < -0.39 is 11.9 Å². The van der Waals surface area contributed by atoms with E-state index in [0.717, 1.165) is 5.56 Å². The molecular weight excluding hydrogens is 378 g/mol. The summed E-state index contributed by atoms with van der Waals surface area (Å²) >= 11 is 0. The molecule has 0 aliphatic heterocycles. The van der Waals surface area contributed by atoms with Crippen LogP contribution in [0.3, 0.4) is 0 Å². The molecule has 5 nitrogen and oxygen atoms in total. The van der Waals surface area contributed by atoms with E-state index >= 15 is 0 Å². The van der Waals surface area contributed by atoms with Gasteiger partial charge in [-0.2, -0.15) is 0 Å². The predicted molar refractivity (Wildman–Crippen MR) is 116 cm³/mol. The van der Waals surface area contributed by atoms with Gasteiger partial charge in [-0.05, 0) is 43.7 Å². The largest absolute Gasteiger partial charge is 0.462 e. The van der Waals surface area contributed by atoms with Gasteiger partial charge in [-0.15, -0.1) is 0 Å². The fraction of sp³-hybridized carbons (Fsp3) is 0.160. The normalized spacial score (nSPS) is 11.4. The second-order valence-corrected chi connectivity index (χ2v) is 6.83. The monoisotopic (exact) mass is 401 g/mol. The Labute approximate surface area is 175 Å². The Balaban J connectivity index is 1.75. The smallest absolute Gasteiger partial charge is 0.338 e. The summed E-state index contributed by atoms with van der Waals surface area (Å²) in [6, 6.07) is 22.7. The van der Waals surface area contributed by atoms with E-state index in [1.807, 2.05) is 24.3 Å².